The van der Waals surface area contributed by atoms with Gasteiger partial charge >= 0.3 is 0 Å². The van der Waals surface area contributed by atoms with Crippen LogP contribution in [-0.2, 0) is 0 Å². The average molecular weight is 312 g/mol. The number of hydrogen-bond donors (Lipinski definition) is 2. The number of halogens is 2. The first-order valence-electron chi connectivity index (χ1n) is 6.98. The SMILES string of the molecule is CC(C)C(CCO)NC(=O)c1ccc2nnc(C(F)F)n2c1. The van der Waals surface area contributed by atoms with E-state index in [1.54, 1.807) is 0 Å². The van der Waals surface area contributed by atoms with Crippen molar-refractivity contribution in [3.63, 3.8) is 0 Å². The molecule has 0 saturated heterocycles. The van der Waals surface area contributed by atoms with Crippen molar-refractivity contribution in [2.45, 2.75) is 32.7 Å². The molecule has 0 spiro atoms. The summed E-state index contributed by atoms with van der Waals surface area (Å²) in [4.78, 5) is 12.2. The fourth-order valence-corrected chi connectivity index (χ4v) is 2.15. The van der Waals surface area contributed by atoms with Crippen LogP contribution in [0.2, 0.25) is 0 Å². The number of aliphatic hydroxyl groups is 1. The summed E-state index contributed by atoms with van der Waals surface area (Å²) in [5.41, 5.74) is 0.486. The summed E-state index contributed by atoms with van der Waals surface area (Å²) in [5, 5.41) is 18.9. The van der Waals surface area contributed by atoms with Crippen molar-refractivity contribution in [2.75, 3.05) is 6.61 Å². The van der Waals surface area contributed by atoms with Crippen molar-refractivity contribution in [1.29, 1.82) is 0 Å². The van der Waals surface area contributed by atoms with E-state index in [0.29, 0.717) is 6.42 Å². The molecule has 0 aliphatic heterocycles. The lowest BCUT2D eigenvalue weighted by atomic mass is 10.0. The number of nitrogens with one attached hydrogen (secondary N) is 1. The Labute approximate surface area is 126 Å². The summed E-state index contributed by atoms with van der Waals surface area (Å²) < 4.78 is 26.8. The van der Waals surface area contributed by atoms with Crippen LogP contribution in [0.4, 0.5) is 8.78 Å². The predicted octanol–water partition coefficient (Wildman–Crippen LogP) is 1.80. The van der Waals surface area contributed by atoms with Crippen molar-refractivity contribution >= 4 is 11.6 Å². The van der Waals surface area contributed by atoms with Gasteiger partial charge in [-0.3, -0.25) is 9.20 Å². The van der Waals surface area contributed by atoms with E-state index in [2.05, 4.69) is 15.5 Å². The Balaban J connectivity index is 2.26. The van der Waals surface area contributed by atoms with Gasteiger partial charge in [0.2, 0.25) is 5.82 Å². The van der Waals surface area contributed by atoms with Crippen molar-refractivity contribution in [3.8, 4) is 0 Å². The van der Waals surface area contributed by atoms with E-state index in [1.807, 2.05) is 13.8 Å². The second-order valence-electron chi connectivity index (χ2n) is 5.34. The van der Waals surface area contributed by atoms with E-state index < -0.39 is 12.2 Å². The number of amides is 1. The Hall–Kier alpha value is -2.09. The standard InChI is InChI=1S/C14H18F2N4O2/c1-8(2)10(5-6-21)17-14(22)9-3-4-11-18-19-13(12(15)16)20(11)7-9/h3-4,7-8,10,12,21H,5-6H2,1-2H3,(H,17,22). The third kappa shape index (κ3) is 3.38. The maximum absolute atomic E-state index is 12.8. The molecule has 0 saturated carbocycles. The quantitative estimate of drug-likeness (QED) is 0.852. The molecule has 1 amide bonds. The number of carbonyl (C=O) groups excluding carboxylic acids is 1. The molecular weight excluding hydrogens is 294 g/mol. The molecule has 0 aliphatic rings. The van der Waals surface area contributed by atoms with Gasteiger partial charge in [0.15, 0.2) is 5.65 Å². The molecule has 2 rings (SSSR count). The first-order chi connectivity index (χ1) is 10.4. The Morgan fingerprint density at radius 3 is 2.68 bits per heavy atom. The monoisotopic (exact) mass is 312 g/mol. The zero-order valence-electron chi connectivity index (χ0n) is 12.3. The molecular formula is C14H18F2N4O2. The molecule has 2 aromatic heterocycles. The van der Waals surface area contributed by atoms with Crippen molar-refractivity contribution < 1.29 is 18.7 Å². The summed E-state index contributed by atoms with van der Waals surface area (Å²) in [6, 6.07) is 2.78. The van der Waals surface area contributed by atoms with Crippen molar-refractivity contribution in [1.82, 2.24) is 19.9 Å². The molecule has 6 nitrogen and oxygen atoms in total. The second-order valence-corrected chi connectivity index (χ2v) is 5.34. The summed E-state index contributed by atoms with van der Waals surface area (Å²) in [7, 11) is 0. The highest BCUT2D eigenvalue weighted by Crippen LogP contribution is 2.18. The molecule has 22 heavy (non-hydrogen) atoms. The van der Waals surface area contributed by atoms with Gasteiger partial charge in [-0.2, -0.15) is 0 Å². The minimum absolute atomic E-state index is 0.0386. The average Bonchev–Trinajstić information content (AvgIpc) is 2.89. The summed E-state index contributed by atoms with van der Waals surface area (Å²) in [5.74, 6) is -0.741. The lowest BCUT2D eigenvalue weighted by Gasteiger charge is -2.21. The van der Waals surface area contributed by atoms with Crippen LogP contribution in [0.5, 0.6) is 0 Å². The van der Waals surface area contributed by atoms with Gasteiger partial charge in [0.05, 0.1) is 5.56 Å². The number of aromatic nitrogens is 3. The number of nitrogens with zero attached hydrogens (tertiary/aromatic N) is 3. The number of carbonyl (C=O) groups is 1. The Bertz CT molecular complexity index is 657. The molecule has 2 N–H and O–H groups in total. The normalized spacial score (nSPS) is 13.0. The number of hydrogen-bond acceptors (Lipinski definition) is 4. The summed E-state index contributed by atoms with van der Waals surface area (Å²) >= 11 is 0. The molecule has 2 aromatic rings. The molecule has 120 valence electrons. The number of pyridine rings is 1. The highest BCUT2D eigenvalue weighted by atomic mass is 19.3. The van der Waals surface area contributed by atoms with E-state index in [9.17, 15) is 13.6 Å². The largest absolute Gasteiger partial charge is 0.396 e. The van der Waals surface area contributed by atoms with Gasteiger partial charge in [-0.05, 0) is 24.5 Å². The van der Waals surface area contributed by atoms with Crippen LogP contribution in [0, 0.1) is 5.92 Å². The van der Waals surface area contributed by atoms with Gasteiger partial charge in [-0.1, -0.05) is 13.8 Å². The number of alkyl halides is 2. The van der Waals surface area contributed by atoms with Crippen LogP contribution in [0.15, 0.2) is 18.3 Å². The molecule has 0 aromatic carbocycles. The zero-order chi connectivity index (χ0) is 16.3. The maximum Gasteiger partial charge on any atom is 0.297 e. The molecule has 2 heterocycles. The summed E-state index contributed by atoms with van der Waals surface area (Å²) in [6.45, 7) is 3.82. The highest BCUT2D eigenvalue weighted by Gasteiger charge is 2.19. The predicted molar refractivity (Wildman–Crippen MR) is 75.7 cm³/mol. The number of fused-ring (bicyclic) bond motifs is 1. The lowest BCUT2D eigenvalue weighted by molar-refractivity contribution is 0.0915. The maximum atomic E-state index is 12.8. The molecule has 1 atom stereocenters. The molecule has 0 bridgehead atoms. The fourth-order valence-electron chi connectivity index (χ4n) is 2.15. The van der Waals surface area contributed by atoms with Gasteiger partial charge in [-0.15, -0.1) is 10.2 Å². The van der Waals surface area contributed by atoms with Crippen LogP contribution < -0.4 is 5.32 Å². The van der Waals surface area contributed by atoms with E-state index in [0.717, 1.165) is 4.40 Å². The van der Waals surface area contributed by atoms with Crippen LogP contribution in [0.25, 0.3) is 5.65 Å². The molecule has 8 heteroatoms. The van der Waals surface area contributed by atoms with Crippen LogP contribution in [-0.4, -0.2) is 38.3 Å². The fraction of sp³-hybridized carbons (Fsp3) is 0.500. The van der Waals surface area contributed by atoms with Gasteiger partial charge in [0, 0.05) is 18.8 Å². The Morgan fingerprint density at radius 1 is 1.36 bits per heavy atom. The van der Waals surface area contributed by atoms with Gasteiger partial charge < -0.3 is 10.4 Å². The summed E-state index contributed by atoms with van der Waals surface area (Å²) in [6.07, 6.45) is -1.05. The minimum Gasteiger partial charge on any atom is -0.396 e. The van der Waals surface area contributed by atoms with E-state index >= 15 is 0 Å². The van der Waals surface area contributed by atoms with E-state index in [1.165, 1.54) is 18.3 Å². The Kier molecular flexibility index (Phi) is 5.02. The van der Waals surface area contributed by atoms with Crippen molar-refractivity contribution in [3.05, 3.63) is 29.7 Å². The lowest BCUT2D eigenvalue weighted by Crippen LogP contribution is -2.39. The molecule has 1 unspecified atom stereocenters. The van der Waals surface area contributed by atoms with Crippen LogP contribution in [0.3, 0.4) is 0 Å². The minimum atomic E-state index is -2.77. The van der Waals surface area contributed by atoms with E-state index in [-0.39, 0.29) is 35.7 Å². The number of aliphatic hydroxyl groups excluding tert-OH is 1. The Morgan fingerprint density at radius 2 is 2.09 bits per heavy atom. The third-order valence-corrected chi connectivity index (χ3v) is 3.45. The van der Waals surface area contributed by atoms with E-state index in [4.69, 9.17) is 5.11 Å². The first kappa shape index (κ1) is 16.3. The van der Waals surface area contributed by atoms with Gasteiger partial charge in [0.1, 0.15) is 0 Å². The van der Waals surface area contributed by atoms with Gasteiger partial charge in [-0.25, -0.2) is 8.78 Å². The third-order valence-electron chi connectivity index (χ3n) is 3.45. The smallest absolute Gasteiger partial charge is 0.297 e. The van der Waals surface area contributed by atoms with Crippen LogP contribution in [0.1, 0.15) is 42.9 Å². The topological polar surface area (TPSA) is 79.5 Å². The molecule has 0 radical (unpaired) electrons. The highest BCUT2D eigenvalue weighted by molar-refractivity contribution is 5.94. The molecule has 0 fully saturated rings. The second kappa shape index (κ2) is 6.78. The zero-order valence-corrected chi connectivity index (χ0v) is 12.3. The first-order valence-corrected chi connectivity index (χ1v) is 6.98. The molecule has 0 aliphatic carbocycles. The number of rotatable bonds is 6. The van der Waals surface area contributed by atoms with Crippen molar-refractivity contribution in [2.24, 2.45) is 5.92 Å². The van der Waals surface area contributed by atoms with Crippen LogP contribution >= 0.6 is 0 Å². The van der Waals surface area contributed by atoms with Gasteiger partial charge in [0.25, 0.3) is 12.3 Å².